The van der Waals surface area contributed by atoms with Crippen LogP contribution < -0.4 is 0 Å². The Hall–Kier alpha value is -4.39. The van der Waals surface area contributed by atoms with E-state index in [4.69, 9.17) is 14.8 Å². The average Bonchev–Trinajstić information content (AvgIpc) is 3.76. The number of hydrogen-bond acceptors (Lipinski definition) is 8. The number of carbonyl (C=O) groups excluding carboxylic acids is 1. The number of fused-ring (bicyclic) bond motifs is 1. The van der Waals surface area contributed by atoms with Crippen LogP contribution in [-0.4, -0.2) is 97.2 Å². The van der Waals surface area contributed by atoms with Gasteiger partial charge in [-0.25, -0.2) is 23.9 Å². The van der Waals surface area contributed by atoms with Gasteiger partial charge in [0.15, 0.2) is 11.4 Å². The molecule has 12 heteroatoms. The Morgan fingerprint density at radius 3 is 2.35 bits per heavy atom. The van der Waals surface area contributed by atoms with Crippen molar-refractivity contribution in [2.75, 3.05) is 52.5 Å². The third kappa shape index (κ3) is 6.52. The molecule has 10 nitrogen and oxygen atoms in total. The summed E-state index contributed by atoms with van der Waals surface area (Å²) in [4.78, 5) is 31.4. The van der Waals surface area contributed by atoms with Gasteiger partial charge in [-0.2, -0.15) is 9.49 Å². The zero-order chi connectivity index (χ0) is 32.6. The molecule has 0 spiro atoms. The van der Waals surface area contributed by atoms with Gasteiger partial charge in [0.25, 0.3) is 0 Å². The summed E-state index contributed by atoms with van der Waals surface area (Å²) < 4.78 is 37.3. The first-order valence-electron chi connectivity index (χ1n) is 16.9. The van der Waals surface area contributed by atoms with Gasteiger partial charge in [-0.3, -0.25) is 9.69 Å². The van der Waals surface area contributed by atoms with Crippen LogP contribution in [0.2, 0.25) is 0 Å². The summed E-state index contributed by atoms with van der Waals surface area (Å²) in [6.07, 6.45) is 7.26. The van der Waals surface area contributed by atoms with Crippen molar-refractivity contribution < 1.29 is 18.3 Å². The predicted octanol–water partition coefficient (Wildman–Crippen LogP) is 5.20. The molecule has 1 aromatic carbocycles. The number of halogens is 2. The van der Waals surface area contributed by atoms with E-state index in [0.29, 0.717) is 17.3 Å². The summed E-state index contributed by atoms with van der Waals surface area (Å²) >= 11 is 0. The highest BCUT2D eigenvalue weighted by atomic mass is 19.1. The molecule has 0 radical (unpaired) electrons. The first-order valence-corrected chi connectivity index (χ1v) is 16.9. The largest absolute Gasteiger partial charge is 0.379 e. The quantitative estimate of drug-likeness (QED) is 0.150. The lowest BCUT2D eigenvalue weighted by atomic mass is 10.0. The molecule has 0 unspecified atom stereocenters. The van der Waals surface area contributed by atoms with Crippen LogP contribution >= 0.6 is 0 Å². The van der Waals surface area contributed by atoms with E-state index in [9.17, 15) is 13.6 Å². The third-order valence-electron chi connectivity index (χ3n) is 9.76. The molecule has 3 aliphatic rings. The lowest BCUT2D eigenvalue weighted by Crippen LogP contribution is -2.43. The smallest absolute Gasteiger partial charge is 0.213 e. The predicted molar refractivity (Wildman–Crippen MR) is 176 cm³/mol. The number of likely N-dealkylation sites (tertiary alicyclic amines) is 1. The van der Waals surface area contributed by atoms with Gasteiger partial charge in [-0.1, -0.05) is 0 Å². The van der Waals surface area contributed by atoms with Crippen molar-refractivity contribution >= 4 is 11.4 Å². The van der Waals surface area contributed by atoms with Gasteiger partial charge in [0, 0.05) is 74.6 Å². The van der Waals surface area contributed by atoms with Gasteiger partial charge < -0.3 is 14.2 Å². The van der Waals surface area contributed by atoms with Crippen LogP contribution in [0.4, 0.5) is 8.78 Å². The van der Waals surface area contributed by atoms with Crippen LogP contribution in [-0.2, 0) is 11.2 Å². The van der Waals surface area contributed by atoms with E-state index in [0.717, 1.165) is 113 Å². The molecule has 0 bridgehead atoms. The van der Waals surface area contributed by atoms with Gasteiger partial charge in [0.05, 0.1) is 42.9 Å². The van der Waals surface area contributed by atoms with Crippen molar-refractivity contribution in [3.63, 3.8) is 0 Å². The Morgan fingerprint density at radius 2 is 1.62 bits per heavy atom. The highest BCUT2D eigenvalue weighted by molar-refractivity contribution is 5.97. The van der Waals surface area contributed by atoms with Crippen molar-refractivity contribution in [2.45, 2.75) is 44.1 Å². The number of carbonyl (C=O) groups is 1. The Labute approximate surface area is 277 Å². The molecule has 8 rings (SSSR count). The number of hydrogen-bond donors (Lipinski definition) is 0. The van der Waals surface area contributed by atoms with E-state index >= 15 is 0 Å². The maximum absolute atomic E-state index is 14.0. The average molecular weight is 653 g/mol. The van der Waals surface area contributed by atoms with E-state index < -0.39 is 5.95 Å². The molecule has 6 heterocycles. The zero-order valence-electron chi connectivity index (χ0n) is 26.8. The molecule has 248 valence electrons. The number of ether oxygens (including phenoxy) is 1. The topological polar surface area (TPSA) is 93.7 Å². The van der Waals surface area contributed by atoms with Crippen LogP contribution in [0.3, 0.4) is 0 Å². The maximum Gasteiger partial charge on any atom is 0.213 e. The van der Waals surface area contributed by atoms with Crippen molar-refractivity contribution in [3.8, 4) is 22.6 Å². The van der Waals surface area contributed by atoms with Crippen LogP contribution in [0.1, 0.15) is 59.5 Å². The fraction of sp³-hybridized carbons (Fsp3) is 0.417. The molecule has 3 fully saturated rings. The van der Waals surface area contributed by atoms with Gasteiger partial charge >= 0.3 is 0 Å². The summed E-state index contributed by atoms with van der Waals surface area (Å²) in [5.41, 5.74) is 4.70. The molecule has 48 heavy (non-hydrogen) atoms. The van der Waals surface area contributed by atoms with Gasteiger partial charge in [0.2, 0.25) is 5.95 Å². The first-order chi connectivity index (χ1) is 23.5. The fourth-order valence-electron chi connectivity index (χ4n) is 7.00. The maximum atomic E-state index is 14.0. The SMILES string of the molecule is O=C(Cc1cn2nc(-c3c(-c4ccc(F)cc4)nc(C4CC4)n3C3CCN(CCN4CCOCC4)CC3)ccc2n1)c1ccnc(F)c1. The summed E-state index contributed by atoms with van der Waals surface area (Å²) in [6, 6.07) is 13.3. The molecule has 0 N–H and O–H groups in total. The van der Waals surface area contributed by atoms with E-state index in [-0.39, 0.29) is 29.6 Å². The molecule has 4 aromatic heterocycles. The molecular formula is C36H38F2N8O2. The number of Topliss-reactive ketones (excluding diaryl/α,β-unsaturated/α-hetero) is 1. The molecule has 0 amide bonds. The van der Waals surface area contributed by atoms with Gasteiger partial charge in [-0.05, 0) is 68.1 Å². The second-order valence-electron chi connectivity index (χ2n) is 13.1. The highest BCUT2D eigenvalue weighted by Crippen LogP contribution is 2.46. The van der Waals surface area contributed by atoms with E-state index in [1.54, 1.807) is 22.8 Å². The molecule has 2 aliphatic heterocycles. The number of ketones is 1. The van der Waals surface area contributed by atoms with E-state index in [1.807, 2.05) is 12.1 Å². The Balaban J connectivity index is 1.11. The van der Waals surface area contributed by atoms with Crippen LogP contribution in [0, 0.1) is 11.8 Å². The van der Waals surface area contributed by atoms with E-state index in [1.165, 1.54) is 24.4 Å². The fourth-order valence-corrected chi connectivity index (χ4v) is 7.00. The molecule has 0 atom stereocenters. The number of imidazole rings is 2. The summed E-state index contributed by atoms with van der Waals surface area (Å²) in [7, 11) is 0. The van der Waals surface area contributed by atoms with Gasteiger partial charge in [-0.15, -0.1) is 0 Å². The summed E-state index contributed by atoms with van der Waals surface area (Å²) in [5, 5.41) is 5.02. The number of nitrogens with zero attached hydrogens (tertiary/aromatic N) is 8. The van der Waals surface area contributed by atoms with Crippen LogP contribution in [0.25, 0.3) is 28.3 Å². The molecule has 2 saturated heterocycles. The lowest BCUT2D eigenvalue weighted by molar-refractivity contribution is 0.0315. The minimum Gasteiger partial charge on any atom is -0.379 e. The van der Waals surface area contributed by atoms with Crippen LogP contribution in [0.15, 0.2) is 60.9 Å². The number of aromatic nitrogens is 6. The molecule has 1 saturated carbocycles. The number of rotatable bonds is 10. The van der Waals surface area contributed by atoms with Gasteiger partial charge in [0.1, 0.15) is 17.3 Å². The van der Waals surface area contributed by atoms with Crippen molar-refractivity contribution in [1.29, 1.82) is 0 Å². The lowest BCUT2D eigenvalue weighted by Gasteiger charge is -2.36. The normalized spacial score (nSPS) is 18.1. The number of pyridine rings is 1. The first kappa shape index (κ1) is 30.9. The van der Waals surface area contributed by atoms with Crippen LogP contribution in [0.5, 0.6) is 0 Å². The third-order valence-corrected chi connectivity index (χ3v) is 9.76. The minimum atomic E-state index is -0.694. The van der Waals surface area contributed by atoms with E-state index in [2.05, 4.69) is 24.3 Å². The van der Waals surface area contributed by atoms with Crippen molar-refractivity contribution in [3.05, 3.63) is 89.8 Å². The molecule has 1 aliphatic carbocycles. The number of morpholine rings is 1. The summed E-state index contributed by atoms with van der Waals surface area (Å²) in [5.74, 6) is 0.243. The second-order valence-corrected chi connectivity index (χ2v) is 13.1. The molecular weight excluding hydrogens is 614 g/mol. The van der Waals surface area contributed by atoms with Crippen molar-refractivity contribution in [2.24, 2.45) is 0 Å². The second kappa shape index (κ2) is 13.3. The highest BCUT2D eigenvalue weighted by Gasteiger charge is 2.36. The number of piperidine rings is 1. The minimum absolute atomic E-state index is 0.0108. The van der Waals surface area contributed by atoms with Crippen molar-refractivity contribution in [1.82, 2.24) is 38.9 Å². The summed E-state index contributed by atoms with van der Waals surface area (Å²) in [6.45, 7) is 7.78. The zero-order valence-corrected chi connectivity index (χ0v) is 26.8. The Kier molecular flexibility index (Phi) is 8.54. The number of benzene rings is 1. The monoisotopic (exact) mass is 652 g/mol. The Bertz CT molecular complexity index is 1920. The standard InChI is InChI=1S/C36H38F2N8O2/c37-27-5-3-24(4-6-27)34-35(30-7-8-33-40-28(23-45(33)42-30)22-31(47)26-9-12-39-32(38)21-26)46(36(41-34)25-1-2-25)29-10-13-43(14-11-29)15-16-44-17-19-48-20-18-44/h3-9,12,21,23,25,29H,1-2,10-11,13-20,22H2. The molecule has 5 aromatic rings. The Morgan fingerprint density at radius 1 is 0.875 bits per heavy atom.